The molecular formula is C25H32N2O5S2. The molecule has 0 amide bonds. The van der Waals surface area contributed by atoms with Gasteiger partial charge in [-0.05, 0) is 36.1 Å². The van der Waals surface area contributed by atoms with Crippen molar-refractivity contribution in [3.63, 3.8) is 0 Å². The molecule has 0 aliphatic carbocycles. The van der Waals surface area contributed by atoms with Crippen LogP contribution in [-0.4, -0.2) is 57.4 Å². The molecular weight excluding hydrogens is 472 g/mol. The minimum absolute atomic E-state index is 0.0241. The Balaban J connectivity index is 1.85. The molecule has 4 rings (SSSR count). The van der Waals surface area contributed by atoms with Crippen molar-refractivity contribution >= 4 is 25.8 Å². The van der Waals surface area contributed by atoms with E-state index in [1.807, 2.05) is 27.7 Å². The zero-order chi connectivity index (χ0) is 24.9. The maximum atomic E-state index is 14.1. The lowest BCUT2D eigenvalue weighted by Crippen LogP contribution is -2.73. The van der Waals surface area contributed by atoms with Crippen molar-refractivity contribution in [2.24, 2.45) is 22.7 Å². The van der Waals surface area contributed by atoms with Crippen molar-refractivity contribution in [1.82, 2.24) is 8.61 Å². The van der Waals surface area contributed by atoms with Crippen molar-refractivity contribution in [2.45, 2.75) is 37.5 Å². The highest BCUT2D eigenvalue weighted by molar-refractivity contribution is 7.89. The number of piperidine rings is 2. The predicted octanol–water partition coefficient (Wildman–Crippen LogP) is 3.25. The van der Waals surface area contributed by atoms with Crippen molar-refractivity contribution < 1.29 is 21.6 Å². The average Bonchev–Trinajstić information content (AvgIpc) is 2.80. The standard InChI is InChI=1S/C25H32N2O5S2/c1-19(2)24-15-26(33(29,30)21-11-7-5-8-12-21)17-25(20(3)4,23(24)28)18-27(16-24)34(31,32)22-13-9-6-10-14-22/h5-14,19-20H,15-18H2,1-4H3. The van der Waals surface area contributed by atoms with Gasteiger partial charge in [0.15, 0.2) is 5.78 Å². The third-order valence-electron chi connectivity index (χ3n) is 7.71. The largest absolute Gasteiger partial charge is 0.298 e. The van der Waals surface area contributed by atoms with Crippen molar-refractivity contribution in [1.29, 1.82) is 0 Å². The average molecular weight is 505 g/mol. The molecule has 0 aromatic heterocycles. The Morgan fingerprint density at radius 2 is 0.912 bits per heavy atom. The first kappa shape index (κ1) is 25.0. The molecule has 184 valence electrons. The quantitative estimate of drug-likeness (QED) is 0.602. The van der Waals surface area contributed by atoms with Gasteiger partial charge >= 0.3 is 0 Å². The predicted molar refractivity (Wildman–Crippen MR) is 130 cm³/mol. The summed E-state index contributed by atoms with van der Waals surface area (Å²) in [7, 11) is -7.73. The zero-order valence-electron chi connectivity index (χ0n) is 20.0. The van der Waals surface area contributed by atoms with E-state index in [1.54, 1.807) is 60.7 Å². The zero-order valence-corrected chi connectivity index (χ0v) is 21.6. The Labute approximate surface area is 202 Å². The number of sulfonamides is 2. The van der Waals surface area contributed by atoms with E-state index >= 15 is 0 Å². The Hall–Kier alpha value is -2.07. The van der Waals surface area contributed by atoms with Crippen LogP contribution in [0.15, 0.2) is 70.5 Å². The van der Waals surface area contributed by atoms with E-state index in [-0.39, 0.29) is 53.6 Å². The van der Waals surface area contributed by atoms with Gasteiger partial charge in [-0.15, -0.1) is 0 Å². The molecule has 2 fully saturated rings. The van der Waals surface area contributed by atoms with E-state index in [4.69, 9.17) is 0 Å². The summed E-state index contributed by atoms with van der Waals surface area (Å²) in [5, 5.41) is 0. The van der Waals surface area contributed by atoms with Gasteiger partial charge < -0.3 is 0 Å². The number of carbonyl (C=O) groups excluding carboxylic acids is 1. The van der Waals surface area contributed by atoms with Crippen LogP contribution < -0.4 is 0 Å². The summed E-state index contributed by atoms with van der Waals surface area (Å²) in [6, 6.07) is 16.4. The van der Waals surface area contributed by atoms with Crippen LogP contribution in [0.4, 0.5) is 0 Å². The molecule has 2 aromatic rings. The van der Waals surface area contributed by atoms with Gasteiger partial charge in [0, 0.05) is 26.2 Å². The Kier molecular flexibility index (Phi) is 6.29. The second-order valence-electron chi connectivity index (χ2n) is 10.1. The van der Waals surface area contributed by atoms with Crippen LogP contribution in [-0.2, 0) is 24.8 Å². The van der Waals surface area contributed by atoms with Gasteiger partial charge in [0.1, 0.15) is 0 Å². The van der Waals surface area contributed by atoms with Gasteiger partial charge in [0.05, 0.1) is 20.6 Å². The van der Waals surface area contributed by atoms with Gasteiger partial charge in [-0.2, -0.15) is 8.61 Å². The number of hydrogen-bond donors (Lipinski definition) is 0. The second kappa shape index (κ2) is 8.55. The molecule has 2 aliphatic heterocycles. The highest BCUT2D eigenvalue weighted by atomic mass is 32.2. The molecule has 0 radical (unpaired) electrons. The van der Waals surface area contributed by atoms with E-state index in [0.29, 0.717) is 0 Å². The number of Topliss-reactive ketones (excluding diaryl/α,β-unsaturated/α-hetero) is 1. The first-order valence-corrected chi connectivity index (χ1v) is 14.4. The molecule has 2 saturated heterocycles. The van der Waals surface area contributed by atoms with Crippen LogP contribution >= 0.6 is 0 Å². The summed E-state index contributed by atoms with van der Waals surface area (Å²) in [6.45, 7) is 7.32. The van der Waals surface area contributed by atoms with E-state index in [9.17, 15) is 21.6 Å². The highest BCUT2D eigenvalue weighted by Crippen LogP contribution is 2.52. The Morgan fingerprint density at radius 1 is 0.618 bits per heavy atom. The van der Waals surface area contributed by atoms with Crippen LogP contribution in [0.1, 0.15) is 27.7 Å². The minimum Gasteiger partial charge on any atom is -0.298 e. The first-order valence-electron chi connectivity index (χ1n) is 11.5. The topological polar surface area (TPSA) is 91.8 Å². The third kappa shape index (κ3) is 3.73. The van der Waals surface area contributed by atoms with Crippen LogP contribution in [0.25, 0.3) is 0 Å². The number of hydrogen-bond acceptors (Lipinski definition) is 5. The Morgan fingerprint density at radius 3 is 1.18 bits per heavy atom. The molecule has 2 bridgehead atoms. The summed E-state index contributed by atoms with van der Waals surface area (Å²) >= 11 is 0. The van der Waals surface area contributed by atoms with Gasteiger partial charge in [-0.1, -0.05) is 64.1 Å². The molecule has 34 heavy (non-hydrogen) atoms. The van der Waals surface area contributed by atoms with Gasteiger partial charge in [0.25, 0.3) is 0 Å². The van der Waals surface area contributed by atoms with Crippen LogP contribution in [0, 0.1) is 22.7 Å². The summed E-state index contributed by atoms with van der Waals surface area (Å²) in [5.74, 6) is -0.551. The van der Waals surface area contributed by atoms with Crippen molar-refractivity contribution in [3.8, 4) is 0 Å². The molecule has 7 nitrogen and oxygen atoms in total. The van der Waals surface area contributed by atoms with E-state index in [2.05, 4.69) is 0 Å². The number of fused-ring (bicyclic) bond motifs is 2. The van der Waals surface area contributed by atoms with Crippen LogP contribution in [0.2, 0.25) is 0 Å². The van der Waals surface area contributed by atoms with E-state index in [1.165, 1.54) is 8.61 Å². The van der Waals surface area contributed by atoms with Crippen LogP contribution in [0.3, 0.4) is 0 Å². The highest BCUT2D eigenvalue weighted by Gasteiger charge is 2.65. The summed E-state index contributed by atoms with van der Waals surface area (Å²) in [5.41, 5.74) is -2.30. The fraction of sp³-hybridized carbons (Fsp3) is 0.480. The van der Waals surface area contributed by atoms with Gasteiger partial charge in [-0.25, -0.2) is 16.8 Å². The smallest absolute Gasteiger partial charge is 0.243 e. The summed E-state index contributed by atoms with van der Waals surface area (Å²) < 4.78 is 57.4. The number of nitrogens with zero attached hydrogens (tertiary/aromatic N) is 2. The van der Waals surface area contributed by atoms with E-state index in [0.717, 1.165) is 0 Å². The lowest BCUT2D eigenvalue weighted by molar-refractivity contribution is -0.162. The molecule has 2 aliphatic rings. The molecule has 0 saturated carbocycles. The molecule has 0 atom stereocenters. The molecule has 2 aromatic carbocycles. The number of ketones is 1. The molecule has 0 unspecified atom stereocenters. The molecule has 0 spiro atoms. The third-order valence-corrected chi connectivity index (χ3v) is 11.3. The summed E-state index contributed by atoms with van der Waals surface area (Å²) in [4.78, 5) is 14.5. The number of carbonyl (C=O) groups is 1. The first-order chi connectivity index (χ1) is 15.9. The van der Waals surface area contributed by atoms with Crippen molar-refractivity contribution in [2.75, 3.05) is 26.2 Å². The molecule has 9 heteroatoms. The summed E-state index contributed by atoms with van der Waals surface area (Å²) in [6.07, 6.45) is 0. The molecule has 2 heterocycles. The second-order valence-corrected chi connectivity index (χ2v) is 14.0. The van der Waals surface area contributed by atoms with E-state index < -0.39 is 30.9 Å². The SMILES string of the molecule is CC(C)C12CN(S(=O)(=O)c3ccccc3)CC(C(C)C)(CN(S(=O)(=O)c3ccccc3)C1)C2=O. The molecule has 0 N–H and O–H groups in total. The van der Waals surface area contributed by atoms with Gasteiger partial charge in [0.2, 0.25) is 20.0 Å². The normalized spacial score (nSPS) is 26.8. The fourth-order valence-corrected chi connectivity index (χ4v) is 8.53. The number of rotatable bonds is 6. The van der Waals surface area contributed by atoms with Gasteiger partial charge in [-0.3, -0.25) is 4.79 Å². The van der Waals surface area contributed by atoms with Crippen molar-refractivity contribution in [3.05, 3.63) is 60.7 Å². The van der Waals surface area contributed by atoms with Crippen LogP contribution in [0.5, 0.6) is 0 Å². The minimum atomic E-state index is -3.86. The lowest BCUT2D eigenvalue weighted by Gasteiger charge is -2.59. The maximum absolute atomic E-state index is 14.1. The fourth-order valence-electron chi connectivity index (χ4n) is 5.33. The monoisotopic (exact) mass is 504 g/mol. The number of benzene rings is 2. The maximum Gasteiger partial charge on any atom is 0.243 e. The Bertz CT molecular complexity index is 1160. The lowest BCUT2D eigenvalue weighted by atomic mass is 9.56.